The maximum atomic E-state index is 10.5. The van der Waals surface area contributed by atoms with E-state index in [1.165, 1.54) is 5.56 Å². The molecule has 0 aromatic heterocycles. The fourth-order valence-corrected chi connectivity index (χ4v) is 3.52. The molecule has 1 saturated heterocycles. The van der Waals surface area contributed by atoms with Crippen molar-refractivity contribution in [1.82, 2.24) is 9.80 Å². The van der Waals surface area contributed by atoms with Crippen LogP contribution >= 0.6 is 0 Å². The average Bonchev–Trinajstić information content (AvgIpc) is 2.70. The lowest BCUT2D eigenvalue weighted by molar-refractivity contribution is -0.0116. The number of methoxy groups -OCH3 is 1. The Balaban J connectivity index is 1.50. The van der Waals surface area contributed by atoms with Crippen LogP contribution in [-0.4, -0.2) is 68.0 Å². The van der Waals surface area contributed by atoms with Crippen LogP contribution in [0.1, 0.15) is 17.2 Å². The first-order valence-corrected chi connectivity index (χ1v) is 9.52. The van der Waals surface area contributed by atoms with Crippen LogP contribution in [0.25, 0.3) is 0 Å². The normalized spacial score (nSPS) is 19.7. The van der Waals surface area contributed by atoms with Crippen LogP contribution in [0.4, 0.5) is 0 Å². The number of nitrogens with zero attached hydrogens (tertiary/aromatic N) is 2. The largest absolute Gasteiger partial charge is 0.497 e. The fraction of sp³-hybridized carbons (Fsp3) is 0.455. The summed E-state index contributed by atoms with van der Waals surface area (Å²) in [6.07, 6.45) is -0.502. The number of likely N-dealkylation sites (N-methyl/N-ethyl adjacent to an activating group) is 1. The minimum atomic E-state index is -0.502. The van der Waals surface area contributed by atoms with Crippen LogP contribution in [0.5, 0.6) is 5.75 Å². The van der Waals surface area contributed by atoms with Gasteiger partial charge < -0.3 is 19.5 Å². The first-order valence-electron chi connectivity index (χ1n) is 9.52. The minimum Gasteiger partial charge on any atom is -0.497 e. The SMILES string of the molecule is COc1ccc(COC[C@H](O)CN2CCN(C)C[C@H]2c2ccccc2)cc1. The molecule has 2 atom stereocenters. The average molecular weight is 370 g/mol. The Morgan fingerprint density at radius 2 is 1.81 bits per heavy atom. The molecule has 1 fully saturated rings. The molecule has 1 aliphatic rings. The Labute approximate surface area is 162 Å². The summed E-state index contributed by atoms with van der Waals surface area (Å²) in [5.41, 5.74) is 2.38. The number of ether oxygens (including phenoxy) is 2. The van der Waals surface area contributed by atoms with Gasteiger partial charge >= 0.3 is 0 Å². The summed E-state index contributed by atoms with van der Waals surface area (Å²) in [7, 11) is 3.81. The van der Waals surface area contributed by atoms with Crippen LogP contribution in [-0.2, 0) is 11.3 Å². The summed E-state index contributed by atoms with van der Waals surface area (Å²) >= 11 is 0. The van der Waals surface area contributed by atoms with E-state index in [9.17, 15) is 5.11 Å². The van der Waals surface area contributed by atoms with Gasteiger partial charge in [0.15, 0.2) is 0 Å². The minimum absolute atomic E-state index is 0.307. The van der Waals surface area contributed by atoms with Crippen LogP contribution in [0.2, 0.25) is 0 Å². The van der Waals surface area contributed by atoms with Crippen LogP contribution in [0.15, 0.2) is 54.6 Å². The molecule has 0 radical (unpaired) electrons. The lowest BCUT2D eigenvalue weighted by Gasteiger charge is -2.41. The predicted octanol–water partition coefficient (Wildman–Crippen LogP) is 2.56. The summed E-state index contributed by atoms with van der Waals surface area (Å²) in [6.45, 7) is 4.39. The van der Waals surface area contributed by atoms with Crippen LogP contribution in [0, 0.1) is 0 Å². The molecule has 2 aromatic carbocycles. The molecule has 0 bridgehead atoms. The van der Waals surface area contributed by atoms with Gasteiger partial charge in [-0.1, -0.05) is 42.5 Å². The molecule has 3 rings (SSSR count). The van der Waals surface area contributed by atoms with Crippen LogP contribution in [0.3, 0.4) is 0 Å². The van der Waals surface area contributed by atoms with Crippen molar-refractivity contribution in [3.8, 4) is 5.75 Å². The monoisotopic (exact) mass is 370 g/mol. The van der Waals surface area contributed by atoms with Gasteiger partial charge in [0.25, 0.3) is 0 Å². The number of aliphatic hydroxyl groups excluding tert-OH is 1. The number of benzene rings is 2. The second-order valence-corrected chi connectivity index (χ2v) is 7.20. The maximum absolute atomic E-state index is 10.5. The number of hydrogen-bond donors (Lipinski definition) is 1. The predicted molar refractivity (Wildman–Crippen MR) is 107 cm³/mol. The summed E-state index contributed by atoms with van der Waals surface area (Å²) in [4.78, 5) is 4.72. The van der Waals surface area contributed by atoms with Crippen LogP contribution < -0.4 is 4.74 Å². The van der Waals surface area contributed by atoms with Crippen molar-refractivity contribution in [2.24, 2.45) is 0 Å². The summed E-state index contributed by atoms with van der Waals surface area (Å²) < 4.78 is 10.9. The third-order valence-electron chi connectivity index (χ3n) is 5.06. The third-order valence-corrected chi connectivity index (χ3v) is 5.06. The van der Waals surface area contributed by atoms with Crippen molar-refractivity contribution >= 4 is 0 Å². The Bertz CT molecular complexity index is 678. The molecule has 0 spiro atoms. The van der Waals surface area contributed by atoms with E-state index in [2.05, 4.69) is 41.1 Å². The van der Waals surface area contributed by atoms with E-state index in [1.54, 1.807) is 7.11 Å². The summed E-state index contributed by atoms with van der Waals surface area (Å²) in [5, 5.41) is 10.5. The Kier molecular flexibility index (Phi) is 7.24. The number of hydrogen-bond acceptors (Lipinski definition) is 5. The highest BCUT2D eigenvalue weighted by molar-refractivity contribution is 5.26. The van der Waals surface area contributed by atoms with E-state index in [0.29, 0.717) is 25.8 Å². The quantitative estimate of drug-likeness (QED) is 0.774. The summed E-state index contributed by atoms with van der Waals surface area (Å²) in [6, 6.07) is 18.7. The third kappa shape index (κ3) is 5.78. The molecule has 1 aliphatic heterocycles. The molecule has 146 valence electrons. The van der Waals surface area contributed by atoms with Gasteiger partial charge in [0.05, 0.1) is 26.4 Å². The van der Waals surface area contributed by atoms with Gasteiger partial charge in [0.1, 0.15) is 5.75 Å². The van der Waals surface area contributed by atoms with Crippen molar-refractivity contribution in [2.45, 2.75) is 18.8 Å². The second-order valence-electron chi connectivity index (χ2n) is 7.20. The van der Waals surface area contributed by atoms with Gasteiger partial charge in [-0.3, -0.25) is 4.90 Å². The molecule has 0 unspecified atom stereocenters. The van der Waals surface area contributed by atoms with E-state index in [0.717, 1.165) is 30.9 Å². The Hall–Kier alpha value is -1.92. The lowest BCUT2D eigenvalue weighted by atomic mass is 10.0. The lowest BCUT2D eigenvalue weighted by Crippen LogP contribution is -2.49. The standard InChI is InChI=1S/C22H30N2O3/c1-23-12-13-24(22(15-23)19-6-4-3-5-7-19)14-20(25)17-27-16-18-8-10-21(26-2)11-9-18/h3-11,20,22,25H,12-17H2,1-2H3/t20-,22+/m1/s1. The van der Waals surface area contributed by atoms with Gasteiger partial charge in [-0.2, -0.15) is 0 Å². The molecule has 27 heavy (non-hydrogen) atoms. The zero-order valence-electron chi connectivity index (χ0n) is 16.3. The number of β-amino-alcohol motifs (C(OH)–C–C–N with tert-alkyl or cyclic N) is 1. The highest BCUT2D eigenvalue weighted by atomic mass is 16.5. The van der Waals surface area contributed by atoms with E-state index in [4.69, 9.17) is 9.47 Å². The molecule has 0 amide bonds. The molecule has 0 aliphatic carbocycles. The van der Waals surface area contributed by atoms with E-state index < -0.39 is 6.10 Å². The Morgan fingerprint density at radius 1 is 1.07 bits per heavy atom. The molecule has 5 nitrogen and oxygen atoms in total. The number of aliphatic hydroxyl groups is 1. The van der Waals surface area contributed by atoms with Crippen molar-refractivity contribution < 1.29 is 14.6 Å². The van der Waals surface area contributed by atoms with Crippen molar-refractivity contribution in [3.63, 3.8) is 0 Å². The van der Waals surface area contributed by atoms with E-state index in [1.807, 2.05) is 30.3 Å². The molecule has 1 heterocycles. The zero-order chi connectivity index (χ0) is 19.1. The number of rotatable bonds is 8. The van der Waals surface area contributed by atoms with Gasteiger partial charge in [-0.15, -0.1) is 0 Å². The molecule has 5 heteroatoms. The van der Waals surface area contributed by atoms with E-state index in [-0.39, 0.29) is 0 Å². The molecular formula is C22H30N2O3. The Morgan fingerprint density at radius 3 is 2.52 bits per heavy atom. The molecule has 1 N–H and O–H groups in total. The first kappa shape index (κ1) is 19.8. The fourth-order valence-electron chi connectivity index (χ4n) is 3.52. The van der Waals surface area contributed by atoms with E-state index >= 15 is 0 Å². The van der Waals surface area contributed by atoms with Gasteiger partial charge in [0, 0.05) is 32.2 Å². The molecule has 0 saturated carbocycles. The van der Waals surface area contributed by atoms with Gasteiger partial charge in [0.2, 0.25) is 0 Å². The number of piperazine rings is 1. The van der Waals surface area contributed by atoms with Crippen molar-refractivity contribution in [1.29, 1.82) is 0 Å². The van der Waals surface area contributed by atoms with Gasteiger partial charge in [-0.25, -0.2) is 0 Å². The summed E-state index contributed by atoms with van der Waals surface area (Å²) in [5.74, 6) is 0.834. The highest BCUT2D eigenvalue weighted by Crippen LogP contribution is 2.25. The highest BCUT2D eigenvalue weighted by Gasteiger charge is 2.27. The topological polar surface area (TPSA) is 45.2 Å². The smallest absolute Gasteiger partial charge is 0.118 e. The maximum Gasteiger partial charge on any atom is 0.118 e. The van der Waals surface area contributed by atoms with Gasteiger partial charge in [-0.05, 0) is 30.3 Å². The molecular weight excluding hydrogens is 340 g/mol. The van der Waals surface area contributed by atoms with Crippen molar-refractivity contribution in [3.05, 3.63) is 65.7 Å². The zero-order valence-corrected chi connectivity index (χ0v) is 16.3. The second kappa shape index (κ2) is 9.85. The first-order chi connectivity index (χ1) is 13.2. The van der Waals surface area contributed by atoms with Crippen molar-refractivity contribution in [2.75, 3.05) is 46.9 Å². The molecule has 2 aromatic rings.